The number of ketones is 1. The number of aromatic nitrogens is 1. The number of carbonyl (C=O) groups is 2. The van der Waals surface area contributed by atoms with Gasteiger partial charge in [0.05, 0.1) is 18.5 Å². The first-order chi connectivity index (χ1) is 15.4. The van der Waals surface area contributed by atoms with Crippen LogP contribution in [0, 0.1) is 23.1 Å². The molecule has 1 heterocycles. The molecule has 2 aromatic carbocycles. The van der Waals surface area contributed by atoms with Crippen molar-refractivity contribution in [1.29, 1.82) is 0 Å². The van der Waals surface area contributed by atoms with Gasteiger partial charge in [-0.2, -0.15) is 0 Å². The van der Waals surface area contributed by atoms with Gasteiger partial charge in [0.15, 0.2) is 5.78 Å². The third-order valence-electron chi connectivity index (χ3n) is 7.25. The molecule has 0 saturated heterocycles. The molecule has 0 atom stereocenters. The number of hydrogen-bond donors (Lipinski definition) is 0. The largest absolute Gasteiger partial charge is 0.469 e. The maximum atomic E-state index is 14.5. The standard InChI is InChI=1S/C26H25BrFNO3/c1-32-25(31)18-13-26(14-18)11-17(12-26)10-23(30)21-6-7-22(28)20-8-9-29(24(20)21)15-16-2-4-19(27)5-3-16/h2-9,17-18H,10-15H2,1H3. The molecule has 4 nitrogen and oxygen atoms in total. The van der Waals surface area contributed by atoms with E-state index in [0.717, 1.165) is 35.7 Å². The molecule has 2 saturated carbocycles. The van der Waals surface area contributed by atoms with Crippen molar-refractivity contribution in [2.24, 2.45) is 17.3 Å². The van der Waals surface area contributed by atoms with E-state index in [1.807, 2.05) is 35.0 Å². The highest BCUT2D eigenvalue weighted by Crippen LogP contribution is 2.62. The SMILES string of the molecule is COC(=O)C1CC2(CC(CC(=O)c3ccc(F)c4ccn(Cc5ccc(Br)cc5)c34)C2)C1. The van der Waals surface area contributed by atoms with Gasteiger partial charge in [0.25, 0.3) is 0 Å². The molecule has 6 heteroatoms. The van der Waals surface area contributed by atoms with Gasteiger partial charge in [-0.1, -0.05) is 28.1 Å². The van der Waals surface area contributed by atoms with Gasteiger partial charge in [-0.3, -0.25) is 9.59 Å². The zero-order valence-electron chi connectivity index (χ0n) is 17.9. The van der Waals surface area contributed by atoms with Crippen LogP contribution in [-0.4, -0.2) is 23.4 Å². The second-order valence-electron chi connectivity index (χ2n) is 9.46. The Bertz CT molecular complexity index is 1190. The lowest BCUT2D eigenvalue weighted by atomic mass is 9.47. The quantitative estimate of drug-likeness (QED) is 0.303. The smallest absolute Gasteiger partial charge is 0.308 e. The Morgan fingerprint density at radius 2 is 1.81 bits per heavy atom. The highest BCUT2D eigenvalue weighted by atomic mass is 79.9. The molecule has 3 aromatic rings. The monoisotopic (exact) mass is 497 g/mol. The van der Waals surface area contributed by atoms with Crippen LogP contribution in [0.1, 0.15) is 48.0 Å². The number of rotatable bonds is 6. The van der Waals surface area contributed by atoms with Crippen LogP contribution in [0.25, 0.3) is 10.9 Å². The van der Waals surface area contributed by atoms with Gasteiger partial charge in [0.2, 0.25) is 0 Å². The number of esters is 1. The average Bonchev–Trinajstić information content (AvgIpc) is 3.14. The van der Waals surface area contributed by atoms with E-state index in [-0.39, 0.29) is 28.9 Å². The normalized spacial score (nSPS) is 24.2. The van der Waals surface area contributed by atoms with Crippen molar-refractivity contribution in [2.45, 2.75) is 38.6 Å². The van der Waals surface area contributed by atoms with Crippen molar-refractivity contribution in [3.8, 4) is 0 Å². The molecule has 0 unspecified atom stereocenters. The van der Waals surface area contributed by atoms with Crippen LogP contribution in [0.15, 0.2) is 53.1 Å². The van der Waals surface area contributed by atoms with E-state index in [9.17, 15) is 14.0 Å². The Kier molecular flexibility index (Phi) is 5.44. The molecule has 2 aliphatic carbocycles. The van der Waals surface area contributed by atoms with E-state index >= 15 is 0 Å². The Labute approximate surface area is 194 Å². The average molecular weight is 498 g/mol. The zero-order chi connectivity index (χ0) is 22.5. The number of Topliss-reactive ketones (excluding diaryl/α,β-unsaturated/α-hetero) is 1. The zero-order valence-corrected chi connectivity index (χ0v) is 19.5. The highest BCUT2D eigenvalue weighted by Gasteiger charge is 2.55. The molecule has 0 amide bonds. The summed E-state index contributed by atoms with van der Waals surface area (Å²) in [5, 5.41) is 0.484. The molecule has 5 rings (SSSR count). The van der Waals surface area contributed by atoms with E-state index in [1.54, 1.807) is 12.1 Å². The van der Waals surface area contributed by atoms with Crippen LogP contribution in [0.5, 0.6) is 0 Å². The molecular weight excluding hydrogens is 473 g/mol. The van der Waals surface area contributed by atoms with Gasteiger partial charge in [0.1, 0.15) is 5.82 Å². The first kappa shape index (κ1) is 21.4. The fraction of sp³-hybridized carbons (Fsp3) is 0.385. The number of hydrogen-bond acceptors (Lipinski definition) is 3. The summed E-state index contributed by atoms with van der Waals surface area (Å²) in [6.07, 6.45) is 6.04. The topological polar surface area (TPSA) is 48.3 Å². The molecule has 1 spiro atoms. The molecule has 0 N–H and O–H groups in total. The van der Waals surface area contributed by atoms with Crippen molar-refractivity contribution in [3.05, 3.63) is 70.1 Å². The fourth-order valence-corrected chi connectivity index (χ4v) is 6.03. The van der Waals surface area contributed by atoms with Gasteiger partial charge < -0.3 is 9.30 Å². The number of nitrogens with zero attached hydrogens (tertiary/aromatic N) is 1. The van der Waals surface area contributed by atoms with Gasteiger partial charge in [0, 0.05) is 34.6 Å². The Morgan fingerprint density at radius 3 is 2.50 bits per heavy atom. The van der Waals surface area contributed by atoms with Crippen LogP contribution < -0.4 is 0 Å². The van der Waals surface area contributed by atoms with E-state index in [4.69, 9.17) is 4.74 Å². The summed E-state index contributed by atoms with van der Waals surface area (Å²) in [6.45, 7) is 0.571. The van der Waals surface area contributed by atoms with Gasteiger partial charge in [-0.25, -0.2) is 4.39 Å². The molecule has 2 fully saturated rings. The summed E-state index contributed by atoms with van der Waals surface area (Å²) in [5.74, 6) is -0.00629. The minimum Gasteiger partial charge on any atom is -0.469 e. The summed E-state index contributed by atoms with van der Waals surface area (Å²) in [7, 11) is 1.44. The Morgan fingerprint density at radius 1 is 1.09 bits per heavy atom. The van der Waals surface area contributed by atoms with Crippen molar-refractivity contribution < 1.29 is 18.7 Å². The summed E-state index contributed by atoms with van der Waals surface area (Å²) >= 11 is 3.45. The molecule has 32 heavy (non-hydrogen) atoms. The summed E-state index contributed by atoms with van der Waals surface area (Å²) in [4.78, 5) is 24.9. The molecule has 0 radical (unpaired) electrons. The minimum atomic E-state index is -0.308. The molecule has 166 valence electrons. The van der Waals surface area contributed by atoms with E-state index in [1.165, 1.54) is 13.2 Å². The lowest BCUT2D eigenvalue weighted by molar-refractivity contribution is -0.161. The van der Waals surface area contributed by atoms with Crippen LogP contribution in [0.3, 0.4) is 0 Å². The van der Waals surface area contributed by atoms with Crippen molar-refractivity contribution >= 4 is 38.6 Å². The molecule has 2 aliphatic rings. The summed E-state index contributed by atoms with van der Waals surface area (Å²) < 4.78 is 22.3. The summed E-state index contributed by atoms with van der Waals surface area (Å²) in [5.41, 5.74) is 2.57. The molecule has 0 aliphatic heterocycles. The number of methoxy groups -OCH3 is 1. The number of ether oxygens (including phenoxy) is 1. The summed E-state index contributed by atoms with van der Waals surface area (Å²) in [6, 6.07) is 12.8. The van der Waals surface area contributed by atoms with E-state index in [0.29, 0.717) is 35.3 Å². The van der Waals surface area contributed by atoms with Crippen molar-refractivity contribution in [3.63, 3.8) is 0 Å². The second-order valence-corrected chi connectivity index (χ2v) is 10.4. The van der Waals surface area contributed by atoms with E-state index < -0.39 is 0 Å². The number of halogens is 2. The van der Waals surface area contributed by atoms with Crippen LogP contribution in [0.2, 0.25) is 0 Å². The third kappa shape index (κ3) is 3.79. The van der Waals surface area contributed by atoms with Gasteiger partial charge >= 0.3 is 5.97 Å². The predicted octanol–water partition coefficient (Wildman–Crippen LogP) is 6.14. The maximum absolute atomic E-state index is 14.5. The van der Waals surface area contributed by atoms with Gasteiger partial charge in [-0.05, 0) is 72.9 Å². The number of fused-ring (bicyclic) bond motifs is 1. The molecule has 0 bridgehead atoms. The van der Waals surface area contributed by atoms with Crippen LogP contribution in [-0.2, 0) is 16.1 Å². The molecule has 1 aromatic heterocycles. The lowest BCUT2D eigenvalue weighted by Crippen LogP contribution is -2.50. The number of benzene rings is 2. The van der Waals surface area contributed by atoms with E-state index in [2.05, 4.69) is 15.9 Å². The fourth-order valence-electron chi connectivity index (χ4n) is 5.77. The van der Waals surface area contributed by atoms with Crippen molar-refractivity contribution in [2.75, 3.05) is 7.11 Å². The second kappa shape index (κ2) is 8.14. The highest BCUT2D eigenvalue weighted by molar-refractivity contribution is 9.10. The Hall–Kier alpha value is -2.47. The Balaban J connectivity index is 1.31. The first-order valence-electron chi connectivity index (χ1n) is 11.0. The van der Waals surface area contributed by atoms with Crippen molar-refractivity contribution in [1.82, 2.24) is 4.57 Å². The molecular formula is C26H25BrFNO3. The number of carbonyl (C=O) groups excluding carboxylic acids is 2. The minimum absolute atomic E-state index is 0.0234. The first-order valence-corrected chi connectivity index (χ1v) is 11.8. The predicted molar refractivity (Wildman–Crippen MR) is 124 cm³/mol. The lowest BCUT2D eigenvalue weighted by Gasteiger charge is -2.57. The third-order valence-corrected chi connectivity index (χ3v) is 7.78. The maximum Gasteiger partial charge on any atom is 0.308 e. The van der Waals surface area contributed by atoms with Crippen LogP contribution >= 0.6 is 15.9 Å². The van der Waals surface area contributed by atoms with Gasteiger partial charge in [-0.15, -0.1) is 0 Å². The van der Waals surface area contributed by atoms with Crippen LogP contribution in [0.4, 0.5) is 4.39 Å².